The van der Waals surface area contributed by atoms with Crippen LogP contribution < -0.4 is 0 Å². The van der Waals surface area contributed by atoms with Crippen molar-refractivity contribution in [1.82, 2.24) is 14.7 Å². The molecule has 2 amide bonds. The molecule has 1 N–H and O–H groups in total. The lowest BCUT2D eigenvalue weighted by atomic mass is 10.3. The number of hydrogen-bond acceptors (Lipinski definition) is 5. The fourth-order valence-corrected chi connectivity index (χ4v) is 2.74. The van der Waals surface area contributed by atoms with Crippen LogP contribution in [0.4, 0.5) is 0 Å². The molecule has 0 aromatic heterocycles. The van der Waals surface area contributed by atoms with Crippen LogP contribution in [-0.4, -0.2) is 84.0 Å². The standard InChI is InChI=1S/C13H23N3O3/c17-10-9-14-4-2-5-15(8-7-14)11-13(19)16-6-1-3-12(16)18/h17H,1-11H2. The first-order valence-electron chi connectivity index (χ1n) is 7.09. The van der Waals surface area contributed by atoms with Crippen molar-refractivity contribution in [3.63, 3.8) is 0 Å². The maximum atomic E-state index is 12.1. The Kier molecular flexibility index (Phi) is 5.30. The van der Waals surface area contributed by atoms with Gasteiger partial charge in [0.1, 0.15) is 0 Å². The molecule has 0 bridgehead atoms. The first-order valence-corrected chi connectivity index (χ1v) is 7.09. The summed E-state index contributed by atoms with van der Waals surface area (Å²) in [5, 5.41) is 8.94. The maximum Gasteiger partial charge on any atom is 0.243 e. The summed E-state index contributed by atoms with van der Waals surface area (Å²) in [5.41, 5.74) is 0. The molecule has 0 aliphatic carbocycles. The molecule has 2 saturated heterocycles. The SMILES string of the molecule is O=C1CCCN1C(=O)CN1CCCN(CCO)CC1. The van der Waals surface area contributed by atoms with E-state index in [4.69, 9.17) is 5.11 Å². The molecule has 2 aliphatic heterocycles. The Balaban J connectivity index is 1.79. The zero-order chi connectivity index (χ0) is 13.7. The lowest BCUT2D eigenvalue weighted by Gasteiger charge is -2.22. The van der Waals surface area contributed by atoms with Crippen molar-refractivity contribution in [2.24, 2.45) is 0 Å². The summed E-state index contributed by atoms with van der Waals surface area (Å²) in [6, 6.07) is 0. The number of imide groups is 1. The zero-order valence-corrected chi connectivity index (χ0v) is 11.4. The van der Waals surface area contributed by atoms with Gasteiger partial charge in [-0.2, -0.15) is 0 Å². The number of carbonyl (C=O) groups is 2. The largest absolute Gasteiger partial charge is 0.395 e. The Labute approximate surface area is 114 Å². The Hall–Kier alpha value is -0.980. The minimum atomic E-state index is -0.0573. The highest BCUT2D eigenvalue weighted by atomic mass is 16.3. The maximum absolute atomic E-state index is 12.1. The van der Waals surface area contributed by atoms with Crippen LogP contribution in [0.15, 0.2) is 0 Å². The van der Waals surface area contributed by atoms with E-state index in [0.717, 1.165) is 39.0 Å². The van der Waals surface area contributed by atoms with Gasteiger partial charge in [0.2, 0.25) is 11.8 Å². The van der Waals surface area contributed by atoms with Crippen LogP contribution in [0.3, 0.4) is 0 Å². The van der Waals surface area contributed by atoms with Crippen LogP contribution in [0.5, 0.6) is 0 Å². The first-order chi connectivity index (χ1) is 9.20. The molecular formula is C13H23N3O3. The highest BCUT2D eigenvalue weighted by molar-refractivity contribution is 5.97. The van der Waals surface area contributed by atoms with Gasteiger partial charge in [0.25, 0.3) is 0 Å². The smallest absolute Gasteiger partial charge is 0.243 e. The average molecular weight is 269 g/mol. The second-order valence-electron chi connectivity index (χ2n) is 5.24. The molecule has 0 aromatic rings. The lowest BCUT2D eigenvalue weighted by molar-refractivity contribution is -0.142. The van der Waals surface area contributed by atoms with Crippen molar-refractivity contribution >= 4 is 11.8 Å². The molecule has 0 spiro atoms. The van der Waals surface area contributed by atoms with E-state index in [0.29, 0.717) is 26.1 Å². The average Bonchev–Trinajstić information content (AvgIpc) is 2.69. The molecule has 6 heteroatoms. The third-order valence-corrected chi connectivity index (χ3v) is 3.83. The lowest BCUT2D eigenvalue weighted by Crippen LogP contribution is -2.42. The van der Waals surface area contributed by atoms with E-state index in [1.54, 1.807) is 0 Å². The van der Waals surface area contributed by atoms with E-state index < -0.39 is 0 Å². The number of rotatable bonds is 4. The quantitative estimate of drug-likeness (QED) is 0.719. The summed E-state index contributed by atoms with van der Waals surface area (Å²) in [7, 11) is 0. The molecule has 6 nitrogen and oxygen atoms in total. The van der Waals surface area contributed by atoms with Crippen molar-refractivity contribution in [2.45, 2.75) is 19.3 Å². The van der Waals surface area contributed by atoms with Crippen molar-refractivity contribution in [3.8, 4) is 0 Å². The summed E-state index contributed by atoms with van der Waals surface area (Å²) < 4.78 is 0. The number of amides is 2. The van der Waals surface area contributed by atoms with Crippen LogP contribution in [0.2, 0.25) is 0 Å². The van der Waals surface area contributed by atoms with E-state index in [1.165, 1.54) is 4.90 Å². The third-order valence-electron chi connectivity index (χ3n) is 3.83. The number of aliphatic hydroxyl groups excluding tert-OH is 1. The predicted octanol–water partition coefficient (Wildman–Crippen LogP) is -0.865. The van der Waals surface area contributed by atoms with Crippen molar-refractivity contribution < 1.29 is 14.7 Å². The Morgan fingerprint density at radius 3 is 2.47 bits per heavy atom. The molecule has 0 aromatic carbocycles. The molecule has 2 fully saturated rings. The van der Waals surface area contributed by atoms with E-state index in [-0.39, 0.29) is 18.4 Å². The topological polar surface area (TPSA) is 64.1 Å². The number of nitrogens with zero attached hydrogens (tertiary/aromatic N) is 3. The number of hydrogen-bond donors (Lipinski definition) is 1. The van der Waals surface area contributed by atoms with E-state index in [2.05, 4.69) is 9.80 Å². The highest BCUT2D eigenvalue weighted by Crippen LogP contribution is 2.11. The Morgan fingerprint density at radius 2 is 1.79 bits per heavy atom. The van der Waals surface area contributed by atoms with Crippen LogP contribution in [0.25, 0.3) is 0 Å². The van der Waals surface area contributed by atoms with Gasteiger partial charge in [0.15, 0.2) is 0 Å². The van der Waals surface area contributed by atoms with Gasteiger partial charge in [-0.1, -0.05) is 0 Å². The van der Waals surface area contributed by atoms with Crippen LogP contribution in [0, 0.1) is 0 Å². The molecule has 0 unspecified atom stereocenters. The summed E-state index contributed by atoms with van der Waals surface area (Å²) >= 11 is 0. The molecule has 0 radical (unpaired) electrons. The van der Waals surface area contributed by atoms with Gasteiger partial charge in [-0.3, -0.25) is 24.3 Å². The molecule has 0 saturated carbocycles. The Morgan fingerprint density at radius 1 is 1.05 bits per heavy atom. The summed E-state index contributed by atoms with van der Waals surface area (Å²) in [6.07, 6.45) is 2.31. The molecule has 108 valence electrons. The van der Waals surface area contributed by atoms with Gasteiger partial charge in [-0.15, -0.1) is 0 Å². The monoisotopic (exact) mass is 269 g/mol. The molecule has 2 aliphatic rings. The highest BCUT2D eigenvalue weighted by Gasteiger charge is 2.27. The van der Waals surface area contributed by atoms with Crippen molar-refractivity contribution in [2.75, 3.05) is 52.4 Å². The molecule has 19 heavy (non-hydrogen) atoms. The van der Waals surface area contributed by atoms with Crippen molar-refractivity contribution in [1.29, 1.82) is 0 Å². The van der Waals surface area contributed by atoms with Gasteiger partial charge < -0.3 is 5.11 Å². The van der Waals surface area contributed by atoms with Crippen molar-refractivity contribution in [3.05, 3.63) is 0 Å². The number of β-amino-alcohol motifs (C(OH)–C–C–N with tert-alkyl or cyclic N) is 1. The molecular weight excluding hydrogens is 246 g/mol. The second-order valence-corrected chi connectivity index (χ2v) is 5.24. The fourth-order valence-electron chi connectivity index (χ4n) is 2.74. The molecule has 2 rings (SSSR count). The predicted molar refractivity (Wildman–Crippen MR) is 70.5 cm³/mol. The second kappa shape index (κ2) is 6.98. The first kappa shape index (κ1) is 14.4. The Bertz CT molecular complexity index is 335. The van der Waals surface area contributed by atoms with Crippen LogP contribution >= 0.6 is 0 Å². The number of carbonyl (C=O) groups excluding carboxylic acids is 2. The fraction of sp³-hybridized carbons (Fsp3) is 0.846. The normalized spacial score (nSPS) is 22.8. The van der Waals surface area contributed by atoms with Gasteiger partial charge in [-0.05, 0) is 25.9 Å². The zero-order valence-electron chi connectivity index (χ0n) is 11.4. The number of aliphatic hydroxyl groups is 1. The van der Waals surface area contributed by atoms with Crippen LogP contribution in [0.1, 0.15) is 19.3 Å². The third kappa shape index (κ3) is 3.99. The van der Waals surface area contributed by atoms with Gasteiger partial charge in [-0.25, -0.2) is 0 Å². The molecule has 2 heterocycles. The van der Waals surface area contributed by atoms with Gasteiger partial charge in [0.05, 0.1) is 13.2 Å². The van der Waals surface area contributed by atoms with Gasteiger partial charge in [0, 0.05) is 32.6 Å². The number of likely N-dealkylation sites (tertiary alicyclic amines) is 1. The minimum Gasteiger partial charge on any atom is -0.395 e. The molecule has 0 atom stereocenters. The van der Waals surface area contributed by atoms with E-state index in [9.17, 15) is 9.59 Å². The summed E-state index contributed by atoms with van der Waals surface area (Å²) in [5.74, 6) is -0.0835. The van der Waals surface area contributed by atoms with E-state index in [1.807, 2.05) is 0 Å². The minimum absolute atomic E-state index is 0.0262. The van der Waals surface area contributed by atoms with Gasteiger partial charge >= 0.3 is 0 Å². The van der Waals surface area contributed by atoms with Crippen LogP contribution in [-0.2, 0) is 9.59 Å². The summed E-state index contributed by atoms with van der Waals surface area (Å²) in [4.78, 5) is 29.3. The summed E-state index contributed by atoms with van der Waals surface area (Å²) in [6.45, 7) is 5.37. The van der Waals surface area contributed by atoms with E-state index >= 15 is 0 Å².